The summed E-state index contributed by atoms with van der Waals surface area (Å²) in [5.74, 6) is 0. The molecule has 0 saturated carbocycles. The number of aromatic nitrogens is 1. The Hall–Kier alpha value is -5.53. The fourth-order valence-corrected chi connectivity index (χ4v) is 6.37. The van der Waals surface area contributed by atoms with Gasteiger partial charge < -0.3 is 0 Å². The van der Waals surface area contributed by atoms with Crippen LogP contribution in [0.15, 0.2) is 164 Å². The third-order valence-electron chi connectivity index (χ3n) is 8.32. The summed E-state index contributed by atoms with van der Waals surface area (Å²) in [5, 5.41) is 6.09. The van der Waals surface area contributed by atoms with Gasteiger partial charge in [-0.05, 0) is 72.6 Å². The number of fused-ring (bicyclic) bond motifs is 3. The van der Waals surface area contributed by atoms with Crippen LogP contribution in [0, 0.1) is 0 Å². The Morgan fingerprint density at radius 1 is 0.333 bits per heavy atom. The molecule has 0 aliphatic rings. The maximum absolute atomic E-state index is 5.02. The average molecular weight is 534 g/mol. The minimum absolute atomic E-state index is 1.03. The van der Waals surface area contributed by atoms with Crippen molar-refractivity contribution in [3.8, 4) is 44.5 Å². The van der Waals surface area contributed by atoms with Gasteiger partial charge in [-0.3, -0.25) is 4.98 Å². The van der Waals surface area contributed by atoms with Gasteiger partial charge in [-0.25, -0.2) is 0 Å². The average Bonchev–Trinajstić information content (AvgIpc) is 3.07. The predicted molar refractivity (Wildman–Crippen MR) is 178 cm³/mol. The van der Waals surface area contributed by atoms with E-state index < -0.39 is 0 Å². The van der Waals surface area contributed by atoms with Crippen LogP contribution in [0.3, 0.4) is 0 Å². The molecule has 0 aliphatic carbocycles. The highest BCUT2D eigenvalue weighted by Crippen LogP contribution is 2.44. The Bertz CT molecular complexity index is 2170. The molecule has 0 aliphatic heterocycles. The number of hydrogen-bond donors (Lipinski definition) is 0. The van der Waals surface area contributed by atoms with E-state index >= 15 is 0 Å². The summed E-state index contributed by atoms with van der Waals surface area (Å²) in [5.41, 5.74) is 10.7. The Labute approximate surface area is 245 Å². The van der Waals surface area contributed by atoms with Gasteiger partial charge in [0, 0.05) is 17.1 Å². The van der Waals surface area contributed by atoms with Crippen LogP contribution < -0.4 is 0 Å². The van der Waals surface area contributed by atoms with Crippen molar-refractivity contribution in [2.24, 2.45) is 0 Å². The maximum Gasteiger partial charge on any atom is 0.0793 e. The molecule has 0 saturated heterocycles. The van der Waals surface area contributed by atoms with E-state index in [-0.39, 0.29) is 0 Å². The van der Waals surface area contributed by atoms with Gasteiger partial charge in [0.2, 0.25) is 0 Å². The molecule has 0 atom stereocenters. The molecule has 196 valence electrons. The first-order chi connectivity index (χ1) is 20.8. The summed E-state index contributed by atoms with van der Waals surface area (Å²) in [6.07, 6.45) is 1.92. The molecule has 0 unspecified atom stereocenters. The number of hydrogen-bond acceptors (Lipinski definition) is 1. The first-order valence-electron chi connectivity index (χ1n) is 14.4. The second-order valence-corrected chi connectivity index (χ2v) is 10.7. The van der Waals surface area contributed by atoms with Crippen LogP contribution >= 0.6 is 0 Å². The summed E-state index contributed by atoms with van der Waals surface area (Å²) in [4.78, 5) is 5.02. The Morgan fingerprint density at radius 3 is 1.69 bits per heavy atom. The molecule has 0 N–H and O–H groups in total. The van der Waals surface area contributed by atoms with E-state index in [4.69, 9.17) is 4.98 Å². The Morgan fingerprint density at radius 2 is 0.881 bits per heavy atom. The molecule has 0 spiro atoms. The molecule has 1 aromatic heterocycles. The van der Waals surface area contributed by atoms with Crippen molar-refractivity contribution >= 4 is 32.4 Å². The number of pyridine rings is 1. The summed E-state index contributed by atoms with van der Waals surface area (Å²) < 4.78 is 0. The van der Waals surface area contributed by atoms with Gasteiger partial charge in [0.05, 0.1) is 5.52 Å². The van der Waals surface area contributed by atoms with Gasteiger partial charge in [0.15, 0.2) is 0 Å². The molecule has 0 bridgehead atoms. The minimum Gasteiger partial charge on any atom is -0.256 e. The predicted octanol–water partition coefficient (Wildman–Crippen LogP) is 11.2. The maximum atomic E-state index is 5.02. The standard InChI is InChI=1S/C41H27N/c1-2-11-28(12-3-1)29-22-24-30(25-23-29)32-15-8-16-33(27-32)39-36-18-6-7-19-37(36)40(41-38(39)21-10-26-42-41)35-20-9-14-31-13-4-5-17-34(31)35/h1-27H. The lowest BCUT2D eigenvalue weighted by Gasteiger charge is -2.18. The fraction of sp³-hybridized carbons (Fsp3) is 0. The van der Waals surface area contributed by atoms with E-state index in [1.54, 1.807) is 0 Å². The van der Waals surface area contributed by atoms with Crippen LogP contribution in [-0.4, -0.2) is 4.98 Å². The zero-order chi connectivity index (χ0) is 27.9. The van der Waals surface area contributed by atoms with Crippen molar-refractivity contribution in [2.45, 2.75) is 0 Å². The summed E-state index contributed by atoms with van der Waals surface area (Å²) >= 11 is 0. The van der Waals surface area contributed by atoms with Crippen molar-refractivity contribution in [3.05, 3.63) is 164 Å². The molecule has 0 amide bonds. The van der Waals surface area contributed by atoms with E-state index in [1.165, 1.54) is 66.1 Å². The molecule has 8 rings (SSSR count). The third-order valence-corrected chi connectivity index (χ3v) is 8.32. The highest BCUT2D eigenvalue weighted by atomic mass is 14.7. The van der Waals surface area contributed by atoms with Crippen molar-refractivity contribution in [2.75, 3.05) is 0 Å². The van der Waals surface area contributed by atoms with Gasteiger partial charge >= 0.3 is 0 Å². The highest BCUT2D eigenvalue weighted by Gasteiger charge is 2.19. The van der Waals surface area contributed by atoms with Crippen LogP contribution in [0.4, 0.5) is 0 Å². The Balaban J connectivity index is 1.34. The molecule has 0 fully saturated rings. The van der Waals surface area contributed by atoms with Gasteiger partial charge in [0.1, 0.15) is 0 Å². The van der Waals surface area contributed by atoms with Crippen LogP contribution in [0.25, 0.3) is 77.0 Å². The lowest BCUT2D eigenvalue weighted by Crippen LogP contribution is -1.93. The second-order valence-electron chi connectivity index (χ2n) is 10.7. The van der Waals surface area contributed by atoms with Crippen molar-refractivity contribution in [1.29, 1.82) is 0 Å². The van der Waals surface area contributed by atoms with Gasteiger partial charge in [-0.15, -0.1) is 0 Å². The summed E-state index contributed by atoms with van der Waals surface area (Å²) in [6.45, 7) is 0. The molecule has 42 heavy (non-hydrogen) atoms. The van der Waals surface area contributed by atoms with Gasteiger partial charge in [-0.1, -0.05) is 146 Å². The summed E-state index contributed by atoms with van der Waals surface area (Å²) in [6, 6.07) is 56.6. The first kappa shape index (κ1) is 24.3. The molecular weight excluding hydrogens is 506 g/mol. The van der Waals surface area contributed by atoms with Crippen LogP contribution in [-0.2, 0) is 0 Å². The molecule has 8 aromatic rings. The molecule has 1 heterocycles. The molecule has 7 aromatic carbocycles. The largest absolute Gasteiger partial charge is 0.256 e. The van der Waals surface area contributed by atoms with E-state index in [2.05, 4.69) is 158 Å². The quantitative estimate of drug-likeness (QED) is 0.205. The number of nitrogens with zero attached hydrogens (tertiary/aromatic N) is 1. The van der Waals surface area contributed by atoms with E-state index in [9.17, 15) is 0 Å². The van der Waals surface area contributed by atoms with Crippen molar-refractivity contribution < 1.29 is 0 Å². The first-order valence-corrected chi connectivity index (χ1v) is 14.4. The topological polar surface area (TPSA) is 12.9 Å². The van der Waals surface area contributed by atoms with E-state index in [0.29, 0.717) is 0 Å². The van der Waals surface area contributed by atoms with Crippen molar-refractivity contribution in [1.82, 2.24) is 4.98 Å². The van der Waals surface area contributed by atoms with Gasteiger partial charge in [0.25, 0.3) is 0 Å². The monoisotopic (exact) mass is 533 g/mol. The molecule has 1 heteroatoms. The number of rotatable bonds is 4. The van der Waals surface area contributed by atoms with E-state index in [0.717, 1.165) is 10.9 Å². The minimum atomic E-state index is 1.03. The third kappa shape index (κ3) is 4.06. The summed E-state index contributed by atoms with van der Waals surface area (Å²) in [7, 11) is 0. The molecule has 1 nitrogen and oxygen atoms in total. The lowest BCUT2D eigenvalue weighted by atomic mass is 9.86. The molecule has 0 radical (unpaired) electrons. The number of benzene rings is 7. The second kappa shape index (κ2) is 10.1. The van der Waals surface area contributed by atoms with Crippen LogP contribution in [0.1, 0.15) is 0 Å². The normalized spacial score (nSPS) is 11.3. The van der Waals surface area contributed by atoms with E-state index in [1.807, 2.05) is 6.20 Å². The molecular formula is C41H27N. The lowest BCUT2D eigenvalue weighted by molar-refractivity contribution is 1.42. The smallest absolute Gasteiger partial charge is 0.0793 e. The zero-order valence-electron chi connectivity index (χ0n) is 23.0. The SMILES string of the molecule is c1ccc(-c2ccc(-c3cccc(-c4c5ccccc5c(-c5cccc6ccccc56)c5ncccc45)c3)cc2)cc1. The van der Waals surface area contributed by atoms with Crippen LogP contribution in [0.2, 0.25) is 0 Å². The van der Waals surface area contributed by atoms with Gasteiger partial charge in [-0.2, -0.15) is 0 Å². The highest BCUT2D eigenvalue weighted by molar-refractivity contribution is 6.22. The van der Waals surface area contributed by atoms with Crippen LogP contribution in [0.5, 0.6) is 0 Å². The zero-order valence-corrected chi connectivity index (χ0v) is 23.0. The Kier molecular flexibility index (Phi) is 5.86. The van der Waals surface area contributed by atoms with Crippen molar-refractivity contribution in [3.63, 3.8) is 0 Å². The fourth-order valence-electron chi connectivity index (χ4n) is 6.37.